The Kier molecular flexibility index (Phi) is 8.92. The first-order valence-electron chi connectivity index (χ1n) is 10.3. The summed E-state index contributed by atoms with van der Waals surface area (Å²) in [6, 6.07) is 4.11. The number of aromatic nitrogens is 1. The summed E-state index contributed by atoms with van der Waals surface area (Å²) in [6.45, 7) is 0.941. The molecular weight excluding hydrogens is 432 g/mol. The lowest BCUT2D eigenvalue weighted by Crippen LogP contribution is -2.53. The van der Waals surface area contributed by atoms with Gasteiger partial charge in [0.05, 0.1) is 12.6 Å². The van der Waals surface area contributed by atoms with E-state index in [4.69, 9.17) is 11.5 Å². The molecule has 9 N–H and O–H groups in total. The summed E-state index contributed by atoms with van der Waals surface area (Å²) >= 11 is 0. The van der Waals surface area contributed by atoms with E-state index in [1.54, 1.807) is 6.20 Å². The molecular formula is C21H28N6O6. The van der Waals surface area contributed by atoms with Crippen LogP contribution < -0.4 is 27.4 Å². The van der Waals surface area contributed by atoms with Gasteiger partial charge in [-0.15, -0.1) is 0 Å². The zero-order valence-corrected chi connectivity index (χ0v) is 18.1. The minimum atomic E-state index is -1.22. The fourth-order valence-electron chi connectivity index (χ4n) is 3.10. The van der Waals surface area contributed by atoms with Crippen LogP contribution in [-0.4, -0.2) is 64.4 Å². The molecule has 0 bridgehead atoms. The van der Waals surface area contributed by atoms with E-state index in [9.17, 15) is 29.1 Å². The predicted octanol–water partition coefficient (Wildman–Crippen LogP) is -1.51. The number of hydrogen-bond acceptors (Lipinski definition) is 6. The number of aromatic amines is 1. The van der Waals surface area contributed by atoms with E-state index in [0.717, 1.165) is 16.5 Å². The molecule has 0 spiro atoms. The number of fused-ring (bicyclic) bond motifs is 1. The van der Waals surface area contributed by atoms with Gasteiger partial charge in [0.1, 0.15) is 12.1 Å². The highest BCUT2D eigenvalue weighted by molar-refractivity contribution is 5.92. The van der Waals surface area contributed by atoms with Crippen molar-refractivity contribution in [1.29, 1.82) is 0 Å². The molecule has 12 heteroatoms. The lowest BCUT2D eigenvalue weighted by molar-refractivity contribution is -0.142. The van der Waals surface area contributed by atoms with Crippen LogP contribution in [0.15, 0.2) is 30.5 Å². The number of nitrogens with two attached hydrogens (primary N) is 2. The van der Waals surface area contributed by atoms with Gasteiger partial charge in [-0.25, -0.2) is 4.79 Å². The van der Waals surface area contributed by atoms with Crippen molar-refractivity contribution in [2.45, 2.75) is 44.3 Å². The molecule has 2 rings (SSSR count). The number of carbonyl (C=O) groups is 5. The largest absolute Gasteiger partial charge is 0.480 e. The maximum absolute atomic E-state index is 12.4. The normalized spacial score (nSPS) is 13.5. The second-order valence-corrected chi connectivity index (χ2v) is 7.58. The van der Waals surface area contributed by atoms with Gasteiger partial charge in [-0.05, 0) is 25.0 Å². The van der Waals surface area contributed by atoms with Gasteiger partial charge >= 0.3 is 5.97 Å². The first kappa shape index (κ1) is 25.3. The van der Waals surface area contributed by atoms with Crippen molar-refractivity contribution in [3.63, 3.8) is 0 Å². The molecule has 12 nitrogen and oxygen atoms in total. The lowest BCUT2D eigenvalue weighted by atomic mass is 10.0. The van der Waals surface area contributed by atoms with Crippen LogP contribution in [0.2, 0.25) is 0 Å². The number of para-hydroxylation sites is 1. The first-order valence-corrected chi connectivity index (χ1v) is 10.3. The van der Waals surface area contributed by atoms with Gasteiger partial charge in [0.2, 0.25) is 23.6 Å². The lowest BCUT2D eigenvalue weighted by Gasteiger charge is -2.19. The minimum Gasteiger partial charge on any atom is -0.480 e. The number of amides is 4. The fourth-order valence-corrected chi connectivity index (χ4v) is 3.10. The van der Waals surface area contributed by atoms with Crippen LogP contribution in [0.3, 0.4) is 0 Å². The molecule has 1 heterocycles. The van der Waals surface area contributed by atoms with Crippen molar-refractivity contribution in [3.8, 4) is 0 Å². The van der Waals surface area contributed by atoms with Gasteiger partial charge < -0.3 is 37.5 Å². The Labute approximate surface area is 189 Å². The van der Waals surface area contributed by atoms with E-state index in [1.165, 1.54) is 6.92 Å². The number of primary amides is 1. The average Bonchev–Trinajstić information content (AvgIpc) is 3.17. The van der Waals surface area contributed by atoms with Crippen molar-refractivity contribution >= 4 is 40.5 Å². The van der Waals surface area contributed by atoms with Crippen LogP contribution >= 0.6 is 0 Å². The quantitative estimate of drug-likeness (QED) is 0.199. The third-order valence-corrected chi connectivity index (χ3v) is 4.95. The van der Waals surface area contributed by atoms with E-state index in [2.05, 4.69) is 20.9 Å². The molecule has 2 aromatic rings. The van der Waals surface area contributed by atoms with Gasteiger partial charge in [0, 0.05) is 29.9 Å². The molecule has 1 aromatic carbocycles. The highest BCUT2D eigenvalue weighted by atomic mass is 16.4. The average molecular weight is 460 g/mol. The summed E-state index contributed by atoms with van der Waals surface area (Å²) < 4.78 is 0. The third kappa shape index (κ3) is 7.61. The smallest absolute Gasteiger partial charge is 0.326 e. The second kappa shape index (κ2) is 11.6. The van der Waals surface area contributed by atoms with Gasteiger partial charge in [-0.3, -0.25) is 19.2 Å². The van der Waals surface area contributed by atoms with Crippen LogP contribution in [0, 0.1) is 0 Å². The number of benzene rings is 1. The Morgan fingerprint density at radius 3 is 2.45 bits per heavy atom. The highest BCUT2D eigenvalue weighted by Crippen LogP contribution is 2.19. The van der Waals surface area contributed by atoms with Crippen LogP contribution in [-0.2, 0) is 30.4 Å². The summed E-state index contributed by atoms with van der Waals surface area (Å²) in [6.07, 6.45) is 1.70. The molecule has 0 aliphatic heterocycles. The van der Waals surface area contributed by atoms with Crippen molar-refractivity contribution in [3.05, 3.63) is 36.0 Å². The Morgan fingerprint density at radius 2 is 1.79 bits per heavy atom. The molecule has 0 aliphatic carbocycles. The van der Waals surface area contributed by atoms with Gasteiger partial charge in [-0.1, -0.05) is 18.2 Å². The monoisotopic (exact) mass is 460 g/mol. The Balaban J connectivity index is 1.85. The van der Waals surface area contributed by atoms with Crippen molar-refractivity contribution in [1.82, 2.24) is 20.9 Å². The number of nitrogens with one attached hydrogen (secondary N) is 4. The van der Waals surface area contributed by atoms with Gasteiger partial charge in [0.25, 0.3) is 0 Å². The molecule has 0 fully saturated rings. The maximum Gasteiger partial charge on any atom is 0.326 e. The molecule has 4 amide bonds. The number of H-pyrrole nitrogens is 1. The molecule has 0 aliphatic rings. The third-order valence-electron chi connectivity index (χ3n) is 4.95. The van der Waals surface area contributed by atoms with E-state index < -0.39 is 54.3 Å². The van der Waals surface area contributed by atoms with Crippen LogP contribution in [0.4, 0.5) is 0 Å². The number of aliphatic carboxylic acids is 1. The summed E-state index contributed by atoms with van der Waals surface area (Å²) in [5.41, 5.74) is 12.2. The topological polar surface area (TPSA) is 209 Å². The van der Waals surface area contributed by atoms with E-state index in [0.29, 0.717) is 0 Å². The van der Waals surface area contributed by atoms with E-state index >= 15 is 0 Å². The Morgan fingerprint density at radius 1 is 1.09 bits per heavy atom. The van der Waals surface area contributed by atoms with Crippen molar-refractivity contribution in [2.75, 3.05) is 6.54 Å². The molecule has 0 saturated carbocycles. The summed E-state index contributed by atoms with van der Waals surface area (Å²) in [5, 5.41) is 17.5. The summed E-state index contributed by atoms with van der Waals surface area (Å²) in [5.74, 6) is -3.82. The van der Waals surface area contributed by atoms with Crippen molar-refractivity contribution in [2.24, 2.45) is 11.5 Å². The standard InChI is InChI=1S/C21H28N6O6/c1-11(26-18(29)10-25-20(31)14(22)6-7-17(23)28)19(30)27-16(21(32)33)8-12-9-24-15-5-3-2-4-13(12)15/h2-5,9,11,14,16,24H,6-8,10,22H2,1H3,(H2,23,28)(H,25,31)(H,26,29)(H,27,30)(H,32,33). The molecule has 178 valence electrons. The van der Waals surface area contributed by atoms with E-state index in [1.807, 2.05) is 24.3 Å². The predicted molar refractivity (Wildman–Crippen MR) is 119 cm³/mol. The van der Waals surface area contributed by atoms with Crippen LogP contribution in [0.5, 0.6) is 0 Å². The molecule has 3 unspecified atom stereocenters. The Hall–Kier alpha value is -3.93. The summed E-state index contributed by atoms with van der Waals surface area (Å²) in [7, 11) is 0. The molecule has 0 radical (unpaired) electrons. The molecule has 3 atom stereocenters. The Bertz CT molecular complexity index is 1040. The number of carboxylic acids is 1. The SMILES string of the molecule is CC(NC(=O)CNC(=O)C(N)CCC(N)=O)C(=O)NC(Cc1c[nH]c2ccccc12)C(=O)O. The molecule has 33 heavy (non-hydrogen) atoms. The summed E-state index contributed by atoms with van der Waals surface area (Å²) in [4.78, 5) is 61.8. The highest BCUT2D eigenvalue weighted by Gasteiger charge is 2.25. The second-order valence-electron chi connectivity index (χ2n) is 7.58. The van der Waals surface area contributed by atoms with Crippen molar-refractivity contribution < 1.29 is 29.1 Å². The van der Waals surface area contributed by atoms with Crippen LogP contribution in [0.1, 0.15) is 25.3 Å². The number of carbonyl (C=O) groups excluding carboxylic acids is 4. The molecule has 0 saturated heterocycles. The maximum atomic E-state index is 12.4. The fraction of sp³-hybridized carbons (Fsp3) is 0.381. The van der Waals surface area contributed by atoms with Gasteiger partial charge in [0.15, 0.2) is 0 Å². The molecule has 1 aromatic heterocycles. The van der Waals surface area contributed by atoms with Gasteiger partial charge in [-0.2, -0.15) is 0 Å². The number of carboxylic acid groups (broad SMARTS) is 1. The zero-order valence-electron chi connectivity index (χ0n) is 18.1. The zero-order chi connectivity index (χ0) is 24.5. The van der Waals surface area contributed by atoms with Crippen LogP contribution in [0.25, 0.3) is 10.9 Å². The van der Waals surface area contributed by atoms with E-state index in [-0.39, 0.29) is 19.3 Å². The minimum absolute atomic E-state index is 0.0363. The first-order chi connectivity index (χ1) is 15.6. The number of hydrogen-bond donors (Lipinski definition) is 7. The number of rotatable bonds is 12.